The molecule has 0 aromatic rings. The topological polar surface area (TPSA) is 49.9 Å². The van der Waals surface area contributed by atoms with Gasteiger partial charge in [0.25, 0.3) is 0 Å². The van der Waals surface area contributed by atoms with Gasteiger partial charge in [-0.15, -0.1) is 0 Å². The molecule has 0 saturated heterocycles. The number of carbonyl (C=O) groups is 2. The number of rotatable bonds is 5. The van der Waals surface area contributed by atoms with E-state index < -0.39 is 0 Å². The van der Waals surface area contributed by atoms with Crippen molar-refractivity contribution in [3.63, 3.8) is 0 Å². The molecule has 0 bridgehead atoms. The van der Waals surface area contributed by atoms with Crippen LogP contribution in [0.25, 0.3) is 0 Å². The lowest BCUT2D eigenvalue weighted by Crippen LogP contribution is -2.45. The molecule has 0 aliphatic rings. The summed E-state index contributed by atoms with van der Waals surface area (Å²) in [5.74, 6) is -0.455. The Bertz CT molecular complexity index is 254. The van der Waals surface area contributed by atoms with E-state index in [-0.39, 0.29) is 23.8 Å². The fraction of sp³-hybridized carbons (Fsp3) is 0.818. The maximum Gasteiger partial charge on any atom is 0.309 e. The molecular weight excluding hydrogens is 208 g/mol. The van der Waals surface area contributed by atoms with Crippen LogP contribution in [-0.2, 0) is 14.3 Å². The number of esters is 1. The van der Waals surface area contributed by atoms with E-state index in [1.54, 1.807) is 25.9 Å². The molecule has 0 aromatic carbocycles. The molecule has 0 saturated carbocycles. The van der Waals surface area contributed by atoms with E-state index >= 15 is 0 Å². The van der Waals surface area contributed by atoms with Crippen molar-refractivity contribution in [1.82, 2.24) is 9.80 Å². The number of likely N-dealkylation sites (N-methyl/N-ethyl adjacent to an activating group) is 2. The van der Waals surface area contributed by atoms with Crippen LogP contribution < -0.4 is 0 Å². The summed E-state index contributed by atoms with van der Waals surface area (Å²) < 4.78 is 4.64. The van der Waals surface area contributed by atoms with E-state index in [2.05, 4.69) is 4.74 Å². The predicted molar refractivity (Wildman–Crippen MR) is 62.0 cm³/mol. The van der Waals surface area contributed by atoms with Gasteiger partial charge in [-0.3, -0.25) is 14.5 Å². The predicted octanol–water partition coefficient (Wildman–Crippen LogP) is 0.204. The van der Waals surface area contributed by atoms with E-state index in [9.17, 15) is 9.59 Å². The normalized spacial score (nSPS) is 14.4. The maximum absolute atomic E-state index is 11.7. The third-order valence-corrected chi connectivity index (χ3v) is 2.62. The SMILES string of the molecule is COC(=O)C(C)CN(C)C(C)C(=O)N(C)C. The van der Waals surface area contributed by atoms with Gasteiger partial charge in [0.2, 0.25) is 5.91 Å². The van der Waals surface area contributed by atoms with Gasteiger partial charge in [0.05, 0.1) is 19.1 Å². The lowest BCUT2D eigenvalue weighted by molar-refractivity contribution is -0.146. The highest BCUT2D eigenvalue weighted by atomic mass is 16.5. The van der Waals surface area contributed by atoms with Crippen LogP contribution in [-0.4, -0.2) is 62.5 Å². The van der Waals surface area contributed by atoms with Crippen molar-refractivity contribution in [2.24, 2.45) is 5.92 Å². The van der Waals surface area contributed by atoms with Crippen LogP contribution in [0.4, 0.5) is 0 Å². The molecule has 0 aliphatic heterocycles. The van der Waals surface area contributed by atoms with E-state index in [1.807, 2.05) is 18.9 Å². The molecule has 0 rings (SSSR count). The van der Waals surface area contributed by atoms with Crippen molar-refractivity contribution in [3.8, 4) is 0 Å². The summed E-state index contributed by atoms with van der Waals surface area (Å²) in [6.45, 7) is 4.12. The Morgan fingerprint density at radius 3 is 2.06 bits per heavy atom. The number of nitrogens with zero attached hydrogens (tertiary/aromatic N) is 2. The van der Waals surface area contributed by atoms with Crippen LogP contribution in [0.3, 0.4) is 0 Å². The summed E-state index contributed by atoms with van der Waals surface area (Å²) in [6, 6.07) is -0.234. The molecule has 0 fully saturated rings. The first kappa shape index (κ1) is 14.9. The minimum absolute atomic E-state index is 0.0274. The number of ether oxygens (including phenoxy) is 1. The first-order chi connectivity index (χ1) is 7.31. The van der Waals surface area contributed by atoms with E-state index in [1.165, 1.54) is 7.11 Å². The van der Waals surface area contributed by atoms with Crippen molar-refractivity contribution in [2.75, 3.05) is 34.8 Å². The van der Waals surface area contributed by atoms with Crippen molar-refractivity contribution in [3.05, 3.63) is 0 Å². The van der Waals surface area contributed by atoms with Gasteiger partial charge >= 0.3 is 5.97 Å². The van der Waals surface area contributed by atoms with Gasteiger partial charge in [-0.2, -0.15) is 0 Å². The first-order valence-electron chi connectivity index (χ1n) is 5.30. The van der Waals surface area contributed by atoms with Crippen molar-refractivity contribution >= 4 is 11.9 Å². The Balaban J connectivity index is 4.30. The molecular formula is C11H22N2O3. The van der Waals surface area contributed by atoms with E-state index in [0.717, 1.165) is 0 Å². The van der Waals surface area contributed by atoms with Crippen LogP contribution in [0.2, 0.25) is 0 Å². The van der Waals surface area contributed by atoms with Crippen LogP contribution in [0.1, 0.15) is 13.8 Å². The molecule has 0 heterocycles. The maximum atomic E-state index is 11.7. The minimum atomic E-state index is -0.253. The molecule has 0 aliphatic carbocycles. The van der Waals surface area contributed by atoms with Crippen LogP contribution in [0.15, 0.2) is 0 Å². The second-order valence-electron chi connectivity index (χ2n) is 4.27. The lowest BCUT2D eigenvalue weighted by Gasteiger charge is -2.27. The van der Waals surface area contributed by atoms with E-state index in [4.69, 9.17) is 0 Å². The van der Waals surface area contributed by atoms with Gasteiger partial charge in [0, 0.05) is 20.6 Å². The molecule has 0 radical (unpaired) electrons. The lowest BCUT2D eigenvalue weighted by atomic mass is 10.1. The van der Waals surface area contributed by atoms with Crippen molar-refractivity contribution in [1.29, 1.82) is 0 Å². The van der Waals surface area contributed by atoms with Crippen molar-refractivity contribution < 1.29 is 14.3 Å². The van der Waals surface area contributed by atoms with Crippen LogP contribution in [0, 0.1) is 5.92 Å². The van der Waals surface area contributed by atoms with Gasteiger partial charge in [0.15, 0.2) is 0 Å². The molecule has 1 amide bonds. The Morgan fingerprint density at radius 2 is 1.69 bits per heavy atom. The van der Waals surface area contributed by atoms with Gasteiger partial charge in [-0.25, -0.2) is 0 Å². The average Bonchev–Trinajstić information content (AvgIpc) is 2.25. The highest BCUT2D eigenvalue weighted by Gasteiger charge is 2.23. The van der Waals surface area contributed by atoms with Gasteiger partial charge in [-0.1, -0.05) is 6.92 Å². The molecule has 94 valence electrons. The molecule has 16 heavy (non-hydrogen) atoms. The zero-order valence-electron chi connectivity index (χ0n) is 11.0. The number of hydrogen-bond acceptors (Lipinski definition) is 4. The molecule has 2 unspecified atom stereocenters. The Morgan fingerprint density at radius 1 is 1.19 bits per heavy atom. The Hall–Kier alpha value is -1.10. The van der Waals surface area contributed by atoms with Crippen LogP contribution in [0.5, 0.6) is 0 Å². The third-order valence-electron chi connectivity index (χ3n) is 2.62. The van der Waals surface area contributed by atoms with Crippen LogP contribution >= 0.6 is 0 Å². The highest BCUT2D eigenvalue weighted by molar-refractivity contribution is 5.81. The van der Waals surface area contributed by atoms with Crippen molar-refractivity contribution in [2.45, 2.75) is 19.9 Å². The minimum Gasteiger partial charge on any atom is -0.469 e. The summed E-state index contributed by atoms with van der Waals surface area (Å²) in [6.07, 6.45) is 0. The Kier molecular flexibility index (Phi) is 6.03. The largest absolute Gasteiger partial charge is 0.469 e. The molecule has 5 heteroatoms. The zero-order valence-corrected chi connectivity index (χ0v) is 11.0. The number of methoxy groups -OCH3 is 1. The number of amides is 1. The molecule has 0 aromatic heterocycles. The molecule has 0 N–H and O–H groups in total. The quantitative estimate of drug-likeness (QED) is 0.633. The number of carbonyl (C=O) groups excluding carboxylic acids is 2. The summed E-state index contributed by atoms with van der Waals surface area (Å²) in [7, 11) is 6.63. The van der Waals surface area contributed by atoms with Gasteiger partial charge in [0.1, 0.15) is 0 Å². The molecule has 2 atom stereocenters. The fourth-order valence-electron chi connectivity index (χ4n) is 1.43. The summed E-state index contributed by atoms with van der Waals surface area (Å²) in [5.41, 5.74) is 0. The monoisotopic (exact) mass is 230 g/mol. The number of hydrogen-bond donors (Lipinski definition) is 0. The summed E-state index contributed by atoms with van der Waals surface area (Å²) in [5, 5.41) is 0. The summed E-state index contributed by atoms with van der Waals surface area (Å²) >= 11 is 0. The average molecular weight is 230 g/mol. The van der Waals surface area contributed by atoms with Gasteiger partial charge in [-0.05, 0) is 14.0 Å². The fourth-order valence-corrected chi connectivity index (χ4v) is 1.43. The Labute approximate surface area is 97.3 Å². The second kappa shape index (κ2) is 6.48. The first-order valence-corrected chi connectivity index (χ1v) is 5.30. The third kappa shape index (κ3) is 4.18. The molecule has 0 spiro atoms. The zero-order chi connectivity index (χ0) is 12.9. The standard InChI is InChI=1S/C11H22N2O3/c1-8(11(15)16-6)7-13(5)9(2)10(14)12(3)4/h8-9H,7H2,1-6H3. The van der Waals surface area contributed by atoms with Gasteiger partial charge < -0.3 is 9.64 Å². The smallest absolute Gasteiger partial charge is 0.309 e. The van der Waals surface area contributed by atoms with E-state index in [0.29, 0.717) is 6.54 Å². The highest BCUT2D eigenvalue weighted by Crippen LogP contribution is 2.05. The molecule has 5 nitrogen and oxygen atoms in total. The second-order valence-corrected chi connectivity index (χ2v) is 4.27. The summed E-state index contributed by atoms with van der Waals surface area (Å²) in [4.78, 5) is 26.3.